The van der Waals surface area contributed by atoms with E-state index < -0.39 is 0 Å². The SMILES string of the molecule is Cc1nc(CNCC=Cc2ccccc2)cs1. The van der Waals surface area contributed by atoms with Gasteiger partial charge >= 0.3 is 0 Å². The standard InChI is InChI=1S/C14H16N2S/c1-12-16-14(11-17-12)10-15-9-5-8-13-6-3-2-4-7-13/h2-8,11,15H,9-10H2,1H3. The van der Waals surface area contributed by atoms with Gasteiger partial charge in [0.05, 0.1) is 10.7 Å². The first-order valence-corrected chi connectivity index (χ1v) is 6.56. The summed E-state index contributed by atoms with van der Waals surface area (Å²) in [6.07, 6.45) is 4.26. The van der Waals surface area contributed by atoms with E-state index >= 15 is 0 Å². The quantitative estimate of drug-likeness (QED) is 0.817. The summed E-state index contributed by atoms with van der Waals surface area (Å²) in [5.41, 5.74) is 2.36. The number of nitrogens with zero attached hydrogens (tertiary/aromatic N) is 1. The fourth-order valence-corrected chi connectivity index (χ4v) is 2.14. The average molecular weight is 244 g/mol. The van der Waals surface area contributed by atoms with Gasteiger partial charge in [-0.25, -0.2) is 4.98 Å². The molecule has 1 aromatic carbocycles. The molecule has 2 nitrogen and oxygen atoms in total. The number of thiazole rings is 1. The van der Waals surface area contributed by atoms with E-state index in [4.69, 9.17) is 0 Å². The number of hydrogen-bond acceptors (Lipinski definition) is 3. The fraction of sp³-hybridized carbons (Fsp3) is 0.214. The number of rotatable bonds is 5. The number of hydrogen-bond donors (Lipinski definition) is 1. The zero-order valence-electron chi connectivity index (χ0n) is 9.89. The molecule has 1 N–H and O–H groups in total. The van der Waals surface area contributed by atoms with Gasteiger partial charge in [0.25, 0.3) is 0 Å². The van der Waals surface area contributed by atoms with Crippen molar-refractivity contribution in [3.05, 3.63) is 58.1 Å². The lowest BCUT2D eigenvalue weighted by Gasteiger charge is -1.97. The van der Waals surface area contributed by atoms with Gasteiger partial charge in [-0.3, -0.25) is 0 Å². The number of aryl methyl sites for hydroxylation is 1. The van der Waals surface area contributed by atoms with Crippen molar-refractivity contribution < 1.29 is 0 Å². The summed E-state index contributed by atoms with van der Waals surface area (Å²) < 4.78 is 0. The highest BCUT2D eigenvalue weighted by atomic mass is 32.1. The molecule has 1 aromatic heterocycles. The molecular formula is C14H16N2S. The molecule has 0 unspecified atom stereocenters. The summed E-state index contributed by atoms with van der Waals surface area (Å²) in [6, 6.07) is 10.3. The molecule has 0 aliphatic heterocycles. The first-order valence-electron chi connectivity index (χ1n) is 5.68. The van der Waals surface area contributed by atoms with Crippen LogP contribution in [0.3, 0.4) is 0 Å². The highest BCUT2D eigenvalue weighted by Crippen LogP contribution is 2.07. The van der Waals surface area contributed by atoms with Crippen LogP contribution in [0.4, 0.5) is 0 Å². The lowest BCUT2D eigenvalue weighted by Crippen LogP contribution is -2.12. The molecule has 0 radical (unpaired) electrons. The largest absolute Gasteiger partial charge is 0.308 e. The van der Waals surface area contributed by atoms with Gasteiger partial charge in [0, 0.05) is 18.5 Å². The van der Waals surface area contributed by atoms with E-state index in [0.29, 0.717) is 0 Å². The topological polar surface area (TPSA) is 24.9 Å². The van der Waals surface area contributed by atoms with Crippen molar-refractivity contribution >= 4 is 17.4 Å². The van der Waals surface area contributed by atoms with Crippen molar-refractivity contribution in [2.75, 3.05) is 6.54 Å². The third kappa shape index (κ3) is 4.13. The van der Waals surface area contributed by atoms with Crippen LogP contribution < -0.4 is 5.32 Å². The third-order valence-electron chi connectivity index (χ3n) is 2.34. The molecule has 0 bridgehead atoms. The lowest BCUT2D eigenvalue weighted by molar-refractivity contribution is 0.744. The molecule has 1 heterocycles. The molecule has 17 heavy (non-hydrogen) atoms. The Hall–Kier alpha value is -1.45. The summed E-state index contributed by atoms with van der Waals surface area (Å²) in [6.45, 7) is 3.73. The minimum atomic E-state index is 0.837. The Morgan fingerprint density at radius 3 is 2.82 bits per heavy atom. The van der Waals surface area contributed by atoms with E-state index in [-0.39, 0.29) is 0 Å². The van der Waals surface area contributed by atoms with Gasteiger partial charge in [-0.2, -0.15) is 0 Å². The zero-order chi connectivity index (χ0) is 11.9. The summed E-state index contributed by atoms with van der Waals surface area (Å²) in [7, 11) is 0. The van der Waals surface area contributed by atoms with E-state index in [9.17, 15) is 0 Å². The van der Waals surface area contributed by atoms with Gasteiger partial charge in [-0.05, 0) is 12.5 Å². The molecule has 0 spiro atoms. The molecule has 0 saturated carbocycles. The molecule has 3 heteroatoms. The number of aromatic nitrogens is 1. The third-order valence-corrected chi connectivity index (χ3v) is 3.17. The van der Waals surface area contributed by atoms with Crippen LogP contribution in [-0.4, -0.2) is 11.5 Å². The van der Waals surface area contributed by atoms with Crippen LogP contribution >= 0.6 is 11.3 Å². The maximum atomic E-state index is 4.40. The minimum Gasteiger partial charge on any atom is -0.308 e. The minimum absolute atomic E-state index is 0.837. The molecule has 0 saturated heterocycles. The highest BCUT2D eigenvalue weighted by molar-refractivity contribution is 7.09. The van der Waals surface area contributed by atoms with Crippen molar-refractivity contribution in [3.8, 4) is 0 Å². The molecule has 0 fully saturated rings. The summed E-state index contributed by atoms with van der Waals surface area (Å²) in [5, 5.41) is 6.57. The highest BCUT2D eigenvalue weighted by Gasteiger charge is 1.95. The van der Waals surface area contributed by atoms with Gasteiger partial charge in [0.15, 0.2) is 0 Å². The average Bonchev–Trinajstić information content (AvgIpc) is 2.76. The van der Waals surface area contributed by atoms with Gasteiger partial charge < -0.3 is 5.32 Å². The van der Waals surface area contributed by atoms with Crippen molar-refractivity contribution in [1.29, 1.82) is 0 Å². The van der Waals surface area contributed by atoms with E-state index in [1.54, 1.807) is 11.3 Å². The van der Waals surface area contributed by atoms with Crippen molar-refractivity contribution in [2.45, 2.75) is 13.5 Å². The summed E-state index contributed by atoms with van der Waals surface area (Å²) in [4.78, 5) is 4.40. The van der Waals surface area contributed by atoms with Crippen molar-refractivity contribution in [3.63, 3.8) is 0 Å². The van der Waals surface area contributed by atoms with Crippen LogP contribution in [-0.2, 0) is 6.54 Å². The molecule has 0 atom stereocenters. The second-order valence-corrected chi connectivity index (χ2v) is 4.86. The summed E-state index contributed by atoms with van der Waals surface area (Å²) >= 11 is 1.70. The van der Waals surface area contributed by atoms with E-state index in [2.05, 4.69) is 40.0 Å². The van der Waals surface area contributed by atoms with E-state index in [1.807, 2.05) is 25.1 Å². The van der Waals surface area contributed by atoms with Gasteiger partial charge in [0.1, 0.15) is 0 Å². The molecule has 0 aliphatic carbocycles. The monoisotopic (exact) mass is 244 g/mol. The number of nitrogens with one attached hydrogen (secondary N) is 1. The maximum Gasteiger partial charge on any atom is 0.0897 e. The smallest absolute Gasteiger partial charge is 0.0897 e. The Bertz CT molecular complexity index is 474. The van der Waals surface area contributed by atoms with Crippen molar-refractivity contribution in [1.82, 2.24) is 10.3 Å². The van der Waals surface area contributed by atoms with E-state index in [0.717, 1.165) is 23.8 Å². The predicted octanol–water partition coefficient (Wildman–Crippen LogP) is 3.25. The molecular weight excluding hydrogens is 228 g/mol. The Kier molecular flexibility index (Phi) is 4.47. The van der Waals surface area contributed by atoms with Crippen LogP contribution in [0, 0.1) is 6.92 Å². The Balaban J connectivity index is 1.71. The van der Waals surface area contributed by atoms with Gasteiger partial charge in [0.2, 0.25) is 0 Å². The first kappa shape index (κ1) is 12.0. The zero-order valence-corrected chi connectivity index (χ0v) is 10.7. The molecule has 88 valence electrons. The molecule has 0 aliphatic rings. The Labute approximate surface area is 106 Å². The Morgan fingerprint density at radius 2 is 2.12 bits per heavy atom. The lowest BCUT2D eigenvalue weighted by atomic mass is 10.2. The van der Waals surface area contributed by atoms with E-state index in [1.165, 1.54) is 5.56 Å². The fourth-order valence-electron chi connectivity index (χ4n) is 1.53. The second-order valence-electron chi connectivity index (χ2n) is 3.80. The van der Waals surface area contributed by atoms with Crippen molar-refractivity contribution in [2.24, 2.45) is 0 Å². The molecule has 2 rings (SSSR count). The van der Waals surface area contributed by atoms with Crippen LogP contribution in [0.15, 0.2) is 41.8 Å². The van der Waals surface area contributed by atoms with Crippen LogP contribution in [0.5, 0.6) is 0 Å². The molecule has 0 amide bonds. The van der Waals surface area contributed by atoms with Crippen LogP contribution in [0.1, 0.15) is 16.3 Å². The van der Waals surface area contributed by atoms with Crippen LogP contribution in [0.25, 0.3) is 6.08 Å². The predicted molar refractivity (Wildman–Crippen MR) is 74.0 cm³/mol. The number of benzene rings is 1. The van der Waals surface area contributed by atoms with Crippen LogP contribution in [0.2, 0.25) is 0 Å². The first-order chi connectivity index (χ1) is 8.34. The van der Waals surface area contributed by atoms with Gasteiger partial charge in [-0.15, -0.1) is 11.3 Å². The van der Waals surface area contributed by atoms with Gasteiger partial charge in [-0.1, -0.05) is 42.5 Å². The summed E-state index contributed by atoms with van der Waals surface area (Å²) in [5.74, 6) is 0. The maximum absolute atomic E-state index is 4.40. The Morgan fingerprint density at radius 1 is 1.29 bits per heavy atom. The molecule has 2 aromatic rings. The second kappa shape index (κ2) is 6.33. The normalized spacial score (nSPS) is 11.1.